The fourth-order valence-corrected chi connectivity index (χ4v) is 4.86. The molecule has 3 rings (SSSR count). The van der Waals surface area contributed by atoms with E-state index in [1.807, 2.05) is 36.1 Å². The second-order valence-electron chi connectivity index (χ2n) is 6.93. The Kier molecular flexibility index (Phi) is 6.79. The van der Waals surface area contributed by atoms with E-state index in [4.69, 9.17) is 9.47 Å². The molecule has 0 spiro atoms. The van der Waals surface area contributed by atoms with Gasteiger partial charge in [0.15, 0.2) is 16.1 Å². The van der Waals surface area contributed by atoms with Crippen molar-refractivity contribution in [2.24, 2.45) is 0 Å². The highest BCUT2D eigenvalue weighted by atomic mass is 32.2. The van der Waals surface area contributed by atoms with E-state index in [9.17, 15) is 13.2 Å². The van der Waals surface area contributed by atoms with Gasteiger partial charge in [-0.15, -0.1) is 0 Å². The van der Waals surface area contributed by atoms with Gasteiger partial charge in [-0.05, 0) is 25.1 Å². The number of benzene rings is 2. The van der Waals surface area contributed by atoms with Crippen LogP contribution in [0.3, 0.4) is 0 Å². The summed E-state index contributed by atoms with van der Waals surface area (Å²) in [5, 5.41) is 0. The molecule has 0 radical (unpaired) electrons. The first-order valence-electron chi connectivity index (χ1n) is 9.94. The number of carbonyl (C=O) groups excluding carboxylic acids is 1. The zero-order valence-corrected chi connectivity index (χ0v) is 17.7. The standard InChI is InChI=1S/C22H27NO5S/c1-3-27-19-8-6-9-20(15-19)28-18-11-13-23(14-12-18)21-10-5-7-17(16-24)22(21)29(25,26)4-2/h5-10,15-16,18H,3-4,11-14H2,1-2H3. The minimum atomic E-state index is -3.51. The molecular formula is C22H27NO5S. The van der Waals surface area contributed by atoms with E-state index in [0.29, 0.717) is 31.7 Å². The first kappa shape index (κ1) is 21.2. The van der Waals surface area contributed by atoms with Crippen LogP contribution in [0.2, 0.25) is 0 Å². The van der Waals surface area contributed by atoms with E-state index in [1.165, 1.54) is 0 Å². The third kappa shape index (κ3) is 4.90. The average molecular weight is 418 g/mol. The fraction of sp³-hybridized carbons (Fsp3) is 0.409. The molecule has 29 heavy (non-hydrogen) atoms. The molecule has 2 aromatic rings. The molecule has 0 saturated carbocycles. The number of hydrogen-bond donors (Lipinski definition) is 0. The summed E-state index contributed by atoms with van der Waals surface area (Å²) in [5.74, 6) is 1.51. The molecule has 1 saturated heterocycles. The van der Waals surface area contributed by atoms with Crippen LogP contribution < -0.4 is 14.4 Å². The largest absolute Gasteiger partial charge is 0.494 e. The Balaban J connectivity index is 1.73. The summed E-state index contributed by atoms with van der Waals surface area (Å²) in [4.78, 5) is 13.6. The Morgan fingerprint density at radius 2 is 1.76 bits per heavy atom. The van der Waals surface area contributed by atoms with Crippen LogP contribution in [-0.2, 0) is 9.84 Å². The lowest BCUT2D eigenvalue weighted by Gasteiger charge is -2.35. The number of carbonyl (C=O) groups is 1. The monoisotopic (exact) mass is 417 g/mol. The van der Waals surface area contributed by atoms with E-state index in [1.54, 1.807) is 25.1 Å². The number of piperidine rings is 1. The summed E-state index contributed by atoms with van der Waals surface area (Å²) in [6.45, 7) is 5.45. The number of aldehydes is 1. The highest BCUT2D eigenvalue weighted by Crippen LogP contribution is 2.32. The van der Waals surface area contributed by atoms with E-state index < -0.39 is 9.84 Å². The van der Waals surface area contributed by atoms with Gasteiger partial charge in [-0.1, -0.05) is 25.1 Å². The molecule has 0 aromatic heterocycles. The molecule has 0 atom stereocenters. The lowest BCUT2D eigenvalue weighted by molar-refractivity contribution is 0.112. The quantitative estimate of drug-likeness (QED) is 0.609. The van der Waals surface area contributed by atoms with Crippen LogP contribution in [0, 0.1) is 0 Å². The van der Waals surface area contributed by atoms with E-state index in [-0.39, 0.29) is 22.3 Å². The molecule has 1 aliphatic rings. The second kappa shape index (κ2) is 9.31. The zero-order valence-electron chi connectivity index (χ0n) is 16.8. The second-order valence-corrected chi connectivity index (χ2v) is 9.14. The molecule has 1 aliphatic heterocycles. The SMILES string of the molecule is CCOc1cccc(OC2CCN(c3cccc(C=O)c3S(=O)(=O)CC)CC2)c1. The summed E-state index contributed by atoms with van der Waals surface area (Å²) in [6, 6.07) is 12.7. The number of anilines is 1. The molecule has 2 aromatic carbocycles. The molecule has 6 nitrogen and oxygen atoms in total. The number of sulfone groups is 1. The first-order chi connectivity index (χ1) is 14.0. The smallest absolute Gasteiger partial charge is 0.180 e. The molecule has 0 N–H and O–H groups in total. The molecule has 0 bridgehead atoms. The highest BCUT2D eigenvalue weighted by Gasteiger charge is 2.27. The number of rotatable bonds is 8. The van der Waals surface area contributed by atoms with Gasteiger partial charge in [0.1, 0.15) is 22.5 Å². The van der Waals surface area contributed by atoms with Crippen LogP contribution in [0.4, 0.5) is 5.69 Å². The molecule has 1 heterocycles. The summed E-state index contributed by atoms with van der Waals surface area (Å²) < 4.78 is 36.8. The van der Waals surface area contributed by atoms with Gasteiger partial charge < -0.3 is 14.4 Å². The van der Waals surface area contributed by atoms with E-state index in [0.717, 1.165) is 24.3 Å². The summed E-state index contributed by atoms with van der Waals surface area (Å²) in [6.07, 6.45) is 2.18. The normalized spacial score (nSPS) is 15.2. The lowest BCUT2D eigenvalue weighted by atomic mass is 10.1. The van der Waals surface area contributed by atoms with Crippen LogP contribution >= 0.6 is 0 Å². The van der Waals surface area contributed by atoms with Crippen molar-refractivity contribution < 1.29 is 22.7 Å². The highest BCUT2D eigenvalue weighted by molar-refractivity contribution is 7.91. The van der Waals surface area contributed by atoms with Gasteiger partial charge in [-0.3, -0.25) is 4.79 Å². The maximum Gasteiger partial charge on any atom is 0.180 e. The fourth-order valence-electron chi connectivity index (χ4n) is 3.58. The van der Waals surface area contributed by atoms with Crippen molar-refractivity contribution in [1.29, 1.82) is 0 Å². The Labute approximate surface area is 172 Å². The van der Waals surface area contributed by atoms with Crippen molar-refractivity contribution in [3.63, 3.8) is 0 Å². The molecule has 156 valence electrons. The van der Waals surface area contributed by atoms with Gasteiger partial charge in [0, 0.05) is 37.6 Å². The van der Waals surface area contributed by atoms with Gasteiger partial charge in [-0.25, -0.2) is 8.42 Å². The Morgan fingerprint density at radius 3 is 2.41 bits per heavy atom. The van der Waals surface area contributed by atoms with Gasteiger partial charge in [0.2, 0.25) is 0 Å². The van der Waals surface area contributed by atoms with Gasteiger partial charge in [-0.2, -0.15) is 0 Å². The summed E-state index contributed by atoms with van der Waals surface area (Å²) in [5.41, 5.74) is 0.823. The van der Waals surface area contributed by atoms with Crippen LogP contribution in [0.1, 0.15) is 37.0 Å². The molecule has 0 unspecified atom stereocenters. The van der Waals surface area contributed by atoms with E-state index in [2.05, 4.69) is 0 Å². The van der Waals surface area contributed by atoms with Crippen molar-refractivity contribution in [2.75, 3.05) is 30.3 Å². The van der Waals surface area contributed by atoms with Crippen molar-refractivity contribution in [2.45, 2.75) is 37.7 Å². The van der Waals surface area contributed by atoms with Gasteiger partial charge >= 0.3 is 0 Å². The first-order valence-corrected chi connectivity index (χ1v) is 11.6. The maximum atomic E-state index is 12.6. The van der Waals surface area contributed by atoms with Crippen LogP contribution in [0.15, 0.2) is 47.4 Å². The van der Waals surface area contributed by atoms with Gasteiger partial charge in [0.05, 0.1) is 18.0 Å². The molecule has 0 aliphatic carbocycles. The molecule has 1 fully saturated rings. The van der Waals surface area contributed by atoms with Crippen LogP contribution in [-0.4, -0.2) is 46.3 Å². The molecule has 7 heteroatoms. The van der Waals surface area contributed by atoms with Crippen LogP contribution in [0.25, 0.3) is 0 Å². The summed E-state index contributed by atoms with van der Waals surface area (Å²) >= 11 is 0. The predicted octanol–water partition coefficient (Wildman–Crippen LogP) is 3.74. The van der Waals surface area contributed by atoms with Gasteiger partial charge in [0.25, 0.3) is 0 Å². The lowest BCUT2D eigenvalue weighted by Crippen LogP contribution is -2.39. The zero-order chi connectivity index (χ0) is 20.9. The topological polar surface area (TPSA) is 72.9 Å². The van der Waals surface area contributed by atoms with Crippen molar-refractivity contribution in [3.05, 3.63) is 48.0 Å². The molecular weight excluding hydrogens is 390 g/mol. The third-order valence-corrected chi connectivity index (χ3v) is 6.87. The summed E-state index contributed by atoms with van der Waals surface area (Å²) in [7, 11) is -3.51. The Hall–Kier alpha value is -2.54. The Morgan fingerprint density at radius 1 is 1.07 bits per heavy atom. The van der Waals surface area contributed by atoms with Crippen molar-refractivity contribution in [1.82, 2.24) is 0 Å². The number of nitrogens with zero attached hydrogens (tertiary/aromatic N) is 1. The van der Waals surface area contributed by atoms with Crippen molar-refractivity contribution >= 4 is 21.8 Å². The minimum Gasteiger partial charge on any atom is -0.494 e. The molecule has 0 amide bonds. The van der Waals surface area contributed by atoms with E-state index >= 15 is 0 Å². The maximum absolute atomic E-state index is 12.6. The minimum absolute atomic E-state index is 0.0411. The average Bonchev–Trinajstić information content (AvgIpc) is 2.74. The Bertz CT molecular complexity index is 949. The number of hydrogen-bond acceptors (Lipinski definition) is 6. The predicted molar refractivity (Wildman–Crippen MR) is 113 cm³/mol. The third-order valence-electron chi connectivity index (χ3n) is 5.04. The van der Waals surface area contributed by atoms with Crippen molar-refractivity contribution in [3.8, 4) is 11.5 Å². The number of ether oxygens (including phenoxy) is 2. The van der Waals surface area contributed by atoms with Crippen LogP contribution in [0.5, 0.6) is 11.5 Å².